The van der Waals surface area contributed by atoms with E-state index in [0.717, 1.165) is 18.8 Å². The summed E-state index contributed by atoms with van der Waals surface area (Å²) in [5, 5.41) is -0.00524. The molecule has 0 spiro atoms. The Labute approximate surface area is 116 Å². The second kappa shape index (κ2) is 5.78. The lowest BCUT2D eigenvalue weighted by atomic mass is 9.65. The van der Waals surface area contributed by atoms with Gasteiger partial charge in [0.1, 0.15) is 0 Å². The highest BCUT2D eigenvalue weighted by Crippen LogP contribution is 2.44. The van der Waals surface area contributed by atoms with Gasteiger partial charge in [-0.1, -0.05) is 62.1 Å². The van der Waals surface area contributed by atoms with Crippen LogP contribution in [0, 0.1) is 11.8 Å². The predicted molar refractivity (Wildman–Crippen MR) is 84.2 cm³/mol. The van der Waals surface area contributed by atoms with E-state index in [1.54, 1.807) is 0 Å². The average molecular weight is 258 g/mol. The van der Waals surface area contributed by atoms with E-state index in [2.05, 4.69) is 53.4 Å². The lowest BCUT2D eigenvalue weighted by Crippen LogP contribution is -2.31. The van der Waals surface area contributed by atoms with Crippen LogP contribution in [0.1, 0.15) is 51.0 Å². The van der Waals surface area contributed by atoms with Crippen molar-refractivity contribution in [1.82, 2.24) is 0 Å². The summed E-state index contributed by atoms with van der Waals surface area (Å²) in [6.45, 7) is 4.70. The maximum Gasteiger partial charge on any atom is 0.0803 e. The highest BCUT2D eigenvalue weighted by Gasteiger charge is 2.33. The molecule has 1 fully saturated rings. The largest absolute Gasteiger partial charge is 0.140 e. The summed E-state index contributed by atoms with van der Waals surface area (Å²) < 4.78 is 0. The van der Waals surface area contributed by atoms with Crippen LogP contribution in [0.5, 0.6) is 0 Å². The van der Waals surface area contributed by atoms with Gasteiger partial charge in [0, 0.05) is 0 Å². The molecule has 2 atom stereocenters. The van der Waals surface area contributed by atoms with Crippen LogP contribution in [0.25, 0.3) is 0 Å². The molecule has 1 aromatic carbocycles. The highest BCUT2D eigenvalue weighted by molar-refractivity contribution is 7.22. The van der Waals surface area contributed by atoms with Gasteiger partial charge >= 0.3 is 0 Å². The van der Waals surface area contributed by atoms with Crippen LogP contribution in [0.4, 0.5) is 0 Å². The first-order chi connectivity index (χ1) is 8.49. The molecule has 1 aromatic rings. The summed E-state index contributed by atoms with van der Waals surface area (Å²) in [5.41, 5.74) is 1.51. The minimum absolute atomic E-state index is 0.00524. The Balaban J connectivity index is 2.13. The molecule has 1 saturated carbocycles. The van der Waals surface area contributed by atoms with Crippen molar-refractivity contribution in [2.45, 2.75) is 50.5 Å². The molecular formula is C16H24BP. The smallest absolute Gasteiger partial charge is 0.0803 e. The van der Waals surface area contributed by atoms with Crippen LogP contribution < -0.4 is 0 Å². The van der Waals surface area contributed by atoms with Gasteiger partial charge < -0.3 is 0 Å². The van der Waals surface area contributed by atoms with Gasteiger partial charge in [0.15, 0.2) is 0 Å². The fourth-order valence-electron chi connectivity index (χ4n) is 3.41. The zero-order chi connectivity index (χ0) is 13.2. The van der Waals surface area contributed by atoms with E-state index in [1.165, 1.54) is 18.4 Å². The van der Waals surface area contributed by atoms with Gasteiger partial charge in [-0.3, -0.25) is 0 Å². The van der Waals surface area contributed by atoms with Crippen molar-refractivity contribution < 1.29 is 0 Å². The summed E-state index contributed by atoms with van der Waals surface area (Å²) in [4.78, 5) is 0. The van der Waals surface area contributed by atoms with Crippen LogP contribution in [-0.2, 0) is 0 Å². The third kappa shape index (κ3) is 3.38. The fraction of sp³-hybridized carbons (Fsp3) is 0.625. The second-order valence-electron chi connectivity index (χ2n) is 6.25. The maximum atomic E-state index is 6.22. The average Bonchev–Trinajstić information content (AvgIpc) is 2.33. The van der Waals surface area contributed by atoms with E-state index < -0.39 is 0 Å². The Hall–Kier alpha value is -0.285. The molecule has 0 nitrogen and oxygen atoms in total. The highest BCUT2D eigenvalue weighted by atomic mass is 31.0. The monoisotopic (exact) mass is 258 g/mol. The van der Waals surface area contributed by atoms with Crippen LogP contribution in [0.3, 0.4) is 0 Å². The zero-order valence-corrected chi connectivity index (χ0v) is 12.8. The Kier molecular flexibility index (Phi) is 4.54. The number of hydrogen-bond acceptors (Lipinski definition) is 0. The summed E-state index contributed by atoms with van der Waals surface area (Å²) in [6, 6.07) is 11.0. The molecule has 2 heteroatoms. The van der Waals surface area contributed by atoms with Gasteiger partial charge in [-0.15, -0.1) is 9.24 Å². The zero-order valence-electron chi connectivity index (χ0n) is 11.6. The molecule has 2 rings (SSSR count). The van der Waals surface area contributed by atoms with E-state index in [9.17, 15) is 0 Å². The SMILES string of the molecule is [B]C1(P)CCC(C(c2ccccc2)C(C)C)CC1. The number of hydrogen-bond donors (Lipinski definition) is 0. The van der Waals surface area contributed by atoms with Gasteiger partial charge in [0.2, 0.25) is 0 Å². The quantitative estimate of drug-likeness (QED) is 0.558. The molecule has 0 amide bonds. The third-order valence-electron chi connectivity index (χ3n) is 4.37. The van der Waals surface area contributed by atoms with Gasteiger partial charge in [0.05, 0.1) is 7.85 Å². The summed E-state index contributed by atoms with van der Waals surface area (Å²) in [5.74, 6) is 2.18. The number of rotatable bonds is 3. The molecule has 0 aromatic heterocycles. The van der Waals surface area contributed by atoms with Crippen molar-refractivity contribution in [2.24, 2.45) is 11.8 Å². The van der Waals surface area contributed by atoms with Crippen molar-refractivity contribution in [3.63, 3.8) is 0 Å². The Morgan fingerprint density at radius 2 is 1.72 bits per heavy atom. The lowest BCUT2D eigenvalue weighted by molar-refractivity contribution is 0.255. The predicted octanol–water partition coefficient (Wildman–Crippen LogP) is 4.36. The fourth-order valence-corrected chi connectivity index (χ4v) is 3.75. The third-order valence-corrected chi connectivity index (χ3v) is 4.95. The lowest BCUT2D eigenvalue weighted by Gasteiger charge is -2.40. The molecule has 0 saturated heterocycles. The second-order valence-corrected chi connectivity index (χ2v) is 7.40. The first kappa shape index (κ1) is 14.1. The van der Waals surface area contributed by atoms with E-state index >= 15 is 0 Å². The van der Waals surface area contributed by atoms with Crippen molar-refractivity contribution in [3.8, 4) is 0 Å². The Morgan fingerprint density at radius 3 is 2.22 bits per heavy atom. The molecule has 96 valence electrons. The van der Waals surface area contributed by atoms with Crippen molar-refractivity contribution in [1.29, 1.82) is 0 Å². The summed E-state index contributed by atoms with van der Waals surface area (Å²) in [6.07, 6.45) is 4.80. The Morgan fingerprint density at radius 1 is 1.17 bits per heavy atom. The molecule has 0 N–H and O–H groups in total. The van der Waals surface area contributed by atoms with E-state index in [0.29, 0.717) is 11.8 Å². The molecule has 0 bridgehead atoms. The minimum Gasteiger partial charge on any atom is -0.140 e. The molecule has 0 aliphatic heterocycles. The normalized spacial score (nSPS) is 30.3. The van der Waals surface area contributed by atoms with Crippen molar-refractivity contribution >= 4 is 17.1 Å². The van der Waals surface area contributed by atoms with Gasteiger partial charge in [0.25, 0.3) is 0 Å². The maximum absolute atomic E-state index is 6.22. The molecule has 2 radical (unpaired) electrons. The standard InChI is InChI=1S/C16H24BP/c1-12(2)15(13-6-4-3-5-7-13)14-8-10-16(17,18)11-9-14/h3-7,12,14-15H,8-11,18H2,1-2H3. The van der Waals surface area contributed by atoms with Crippen LogP contribution in [0.15, 0.2) is 30.3 Å². The van der Waals surface area contributed by atoms with Crippen molar-refractivity contribution in [2.75, 3.05) is 0 Å². The van der Waals surface area contributed by atoms with Gasteiger partial charge in [-0.25, -0.2) is 0 Å². The number of benzene rings is 1. The minimum atomic E-state index is -0.00524. The van der Waals surface area contributed by atoms with E-state index in [4.69, 9.17) is 7.85 Å². The van der Waals surface area contributed by atoms with Crippen LogP contribution in [0.2, 0.25) is 0 Å². The van der Waals surface area contributed by atoms with Crippen LogP contribution in [-0.4, -0.2) is 12.9 Å². The van der Waals surface area contributed by atoms with Gasteiger partial charge in [-0.2, -0.15) is 0 Å². The van der Waals surface area contributed by atoms with Crippen LogP contribution >= 0.6 is 9.24 Å². The first-order valence-electron chi connectivity index (χ1n) is 7.12. The molecule has 1 aliphatic carbocycles. The van der Waals surface area contributed by atoms with Gasteiger partial charge in [-0.05, 0) is 36.2 Å². The molecule has 2 unspecified atom stereocenters. The first-order valence-corrected chi connectivity index (χ1v) is 7.70. The topological polar surface area (TPSA) is 0 Å². The molecular weight excluding hydrogens is 234 g/mol. The van der Waals surface area contributed by atoms with E-state index in [1.807, 2.05) is 0 Å². The molecule has 0 heterocycles. The molecule has 1 aliphatic rings. The van der Waals surface area contributed by atoms with Crippen molar-refractivity contribution in [3.05, 3.63) is 35.9 Å². The molecule has 18 heavy (non-hydrogen) atoms. The Bertz CT molecular complexity index is 362. The van der Waals surface area contributed by atoms with E-state index in [-0.39, 0.29) is 5.06 Å². The summed E-state index contributed by atoms with van der Waals surface area (Å²) >= 11 is 0. The summed E-state index contributed by atoms with van der Waals surface area (Å²) in [7, 11) is 9.06.